The van der Waals surface area contributed by atoms with Crippen LogP contribution in [0.5, 0.6) is 0 Å². The zero-order chi connectivity index (χ0) is 19.7. The third-order valence-corrected chi connectivity index (χ3v) is 5.46. The SMILES string of the molecule is CCOC(=O)CCC(C#N)(CCOC1CCCCO1)c1ccc(Cl)c(Cl)c1. The van der Waals surface area contributed by atoms with Gasteiger partial charge in [-0.25, -0.2) is 0 Å². The van der Waals surface area contributed by atoms with Crippen LogP contribution in [0.3, 0.4) is 0 Å². The minimum Gasteiger partial charge on any atom is -0.466 e. The van der Waals surface area contributed by atoms with Crippen LogP contribution in [-0.2, 0) is 24.4 Å². The molecule has 5 nitrogen and oxygen atoms in total. The molecule has 7 heteroatoms. The van der Waals surface area contributed by atoms with Gasteiger partial charge in [-0.1, -0.05) is 29.3 Å². The van der Waals surface area contributed by atoms with Gasteiger partial charge in [0.15, 0.2) is 6.29 Å². The molecule has 0 aromatic heterocycles. The molecule has 0 N–H and O–H groups in total. The molecule has 2 unspecified atom stereocenters. The Bertz CT molecular complexity index is 670. The maximum Gasteiger partial charge on any atom is 0.305 e. The van der Waals surface area contributed by atoms with E-state index in [2.05, 4.69) is 6.07 Å². The molecule has 1 fully saturated rings. The van der Waals surface area contributed by atoms with Crippen molar-refractivity contribution in [1.82, 2.24) is 0 Å². The lowest BCUT2D eigenvalue weighted by Crippen LogP contribution is -2.30. The van der Waals surface area contributed by atoms with Gasteiger partial charge in [-0.15, -0.1) is 0 Å². The van der Waals surface area contributed by atoms with E-state index in [0.29, 0.717) is 42.7 Å². The summed E-state index contributed by atoms with van der Waals surface area (Å²) in [5.41, 5.74) is -0.202. The maximum atomic E-state index is 11.8. The molecule has 1 heterocycles. The van der Waals surface area contributed by atoms with Crippen LogP contribution in [0, 0.1) is 11.3 Å². The average molecular weight is 414 g/mol. The summed E-state index contributed by atoms with van der Waals surface area (Å²) >= 11 is 12.2. The van der Waals surface area contributed by atoms with E-state index in [4.69, 9.17) is 37.4 Å². The van der Waals surface area contributed by atoms with Crippen LogP contribution in [0.15, 0.2) is 18.2 Å². The second-order valence-corrected chi connectivity index (χ2v) is 7.36. The smallest absolute Gasteiger partial charge is 0.305 e. The molecule has 2 rings (SSSR count). The van der Waals surface area contributed by atoms with Crippen LogP contribution in [-0.4, -0.2) is 32.1 Å². The van der Waals surface area contributed by atoms with Gasteiger partial charge in [0.05, 0.1) is 34.7 Å². The van der Waals surface area contributed by atoms with Crippen LogP contribution in [0.1, 0.15) is 51.0 Å². The molecule has 0 radical (unpaired) electrons. The van der Waals surface area contributed by atoms with Crippen molar-refractivity contribution in [3.63, 3.8) is 0 Å². The molecule has 2 atom stereocenters. The fourth-order valence-electron chi connectivity index (χ4n) is 3.14. The summed E-state index contributed by atoms with van der Waals surface area (Å²) in [4.78, 5) is 11.8. The molecule has 0 bridgehead atoms. The number of carbonyl (C=O) groups excluding carboxylic acids is 1. The highest BCUT2D eigenvalue weighted by Crippen LogP contribution is 2.36. The molecule has 148 valence electrons. The Morgan fingerprint density at radius 2 is 2.15 bits per heavy atom. The molecule has 1 aliphatic heterocycles. The summed E-state index contributed by atoms with van der Waals surface area (Å²) in [6.45, 7) is 3.12. The van der Waals surface area contributed by atoms with E-state index >= 15 is 0 Å². The molecule has 1 saturated heterocycles. The summed E-state index contributed by atoms with van der Waals surface area (Å²) in [5, 5.41) is 10.8. The molecule has 1 aromatic rings. The molecular weight excluding hydrogens is 389 g/mol. The summed E-state index contributed by atoms with van der Waals surface area (Å²) in [6, 6.07) is 7.52. The number of hydrogen-bond donors (Lipinski definition) is 0. The summed E-state index contributed by atoms with van der Waals surface area (Å²) < 4.78 is 16.4. The monoisotopic (exact) mass is 413 g/mol. The quantitative estimate of drug-likeness (QED) is 0.530. The van der Waals surface area contributed by atoms with Gasteiger partial charge in [-0.05, 0) is 56.7 Å². The van der Waals surface area contributed by atoms with Gasteiger partial charge in [0.25, 0.3) is 0 Å². The first-order valence-corrected chi connectivity index (χ1v) is 10.0. The lowest BCUT2D eigenvalue weighted by atomic mass is 9.75. The first-order chi connectivity index (χ1) is 13.0. The molecule has 1 aromatic carbocycles. The zero-order valence-electron chi connectivity index (χ0n) is 15.5. The standard InChI is InChI=1S/C20H25Cl2NO4/c1-2-25-18(24)8-9-20(14-23,15-6-7-16(21)17(22)13-15)10-12-27-19-5-3-4-11-26-19/h6-7,13,19H,2-5,8-12H2,1H3. The third kappa shape index (κ3) is 6.36. The van der Waals surface area contributed by atoms with Crippen LogP contribution >= 0.6 is 23.2 Å². The second kappa shape index (κ2) is 10.9. The maximum absolute atomic E-state index is 11.8. The zero-order valence-corrected chi connectivity index (χ0v) is 17.0. The van der Waals surface area contributed by atoms with Gasteiger partial charge in [0, 0.05) is 13.0 Å². The van der Waals surface area contributed by atoms with Gasteiger partial charge >= 0.3 is 5.97 Å². The van der Waals surface area contributed by atoms with E-state index in [9.17, 15) is 10.1 Å². The molecule has 27 heavy (non-hydrogen) atoms. The van der Waals surface area contributed by atoms with E-state index in [1.165, 1.54) is 0 Å². The summed E-state index contributed by atoms with van der Waals surface area (Å²) in [6.07, 6.45) is 3.62. The van der Waals surface area contributed by atoms with Gasteiger partial charge in [-0.3, -0.25) is 4.79 Å². The lowest BCUT2D eigenvalue weighted by molar-refractivity contribution is -0.164. The number of benzene rings is 1. The number of hydrogen-bond acceptors (Lipinski definition) is 5. The number of halogens is 2. The van der Waals surface area contributed by atoms with Crippen molar-refractivity contribution in [2.45, 2.75) is 57.2 Å². The first kappa shape index (κ1) is 22.0. The molecular formula is C20H25Cl2NO4. The third-order valence-electron chi connectivity index (χ3n) is 4.72. The first-order valence-electron chi connectivity index (χ1n) is 9.26. The molecule has 1 aliphatic rings. The van der Waals surface area contributed by atoms with Crippen molar-refractivity contribution in [3.05, 3.63) is 33.8 Å². The Morgan fingerprint density at radius 1 is 1.33 bits per heavy atom. The molecule has 0 aliphatic carbocycles. The normalized spacial score (nSPS) is 19.1. The van der Waals surface area contributed by atoms with Gasteiger partial charge in [-0.2, -0.15) is 5.26 Å². The minimum atomic E-state index is -0.921. The summed E-state index contributed by atoms with van der Waals surface area (Å²) in [7, 11) is 0. The van der Waals surface area contributed by atoms with E-state index < -0.39 is 5.41 Å². The predicted molar refractivity (Wildman–Crippen MR) is 104 cm³/mol. The van der Waals surface area contributed by atoms with Crippen molar-refractivity contribution >= 4 is 29.2 Å². The Kier molecular flexibility index (Phi) is 8.85. The average Bonchev–Trinajstić information content (AvgIpc) is 2.68. The van der Waals surface area contributed by atoms with E-state index in [1.807, 2.05) is 0 Å². The van der Waals surface area contributed by atoms with Crippen LogP contribution in [0.25, 0.3) is 0 Å². The Balaban J connectivity index is 2.13. The fraction of sp³-hybridized carbons (Fsp3) is 0.600. The Hall–Kier alpha value is -1.32. The van der Waals surface area contributed by atoms with Crippen LogP contribution < -0.4 is 0 Å². The highest BCUT2D eigenvalue weighted by atomic mass is 35.5. The fourth-order valence-corrected chi connectivity index (χ4v) is 3.44. The van der Waals surface area contributed by atoms with Crippen molar-refractivity contribution in [1.29, 1.82) is 5.26 Å². The molecule has 0 saturated carbocycles. The van der Waals surface area contributed by atoms with Crippen molar-refractivity contribution < 1.29 is 19.0 Å². The number of carbonyl (C=O) groups is 1. The number of ether oxygens (including phenoxy) is 3. The van der Waals surface area contributed by atoms with Crippen molar-refractivity contribution in [3.8, 4) is 6.07 Å². The van der Waals surface area contributed by atoms with Crippen LogP contribution in [0.4, 0.5) is 0 Å². The molecule has 0 amide bonds. The van der Waals surface area contributed by atoms with E-state index in [0.717, 1.165) is 24.8 Å². The van der Waals surface area contributed by atoms with E-state index in [1.54, 1.807) is 25.1 Å². The number of esters is 1. The highest BCUT2D eigenvalue weighted by Gasteiger charge is 2.34. The van der Waals surface area contributed by atoms with Gasteiger partial charge in [0.2, 0.25) is 0 Å². The van der Waals surface area contributed by atoms with Gasteiger partial charge < -0.3 is 14.2 Å². The van der Waals surface area contributed by atoms with Crippen LogP contribution in [0.2, 0.25) is 10.0 Å². The number of rotatable bonds is 9. The number of nitrogens with zero attached hydrogens (tertiary/aromatic N) is 1. The largest absolute Gasteiger partial charge is 0.466 e. The van der Waals surface area contributed by atoms with E-state index in [-0.39, 0.29) is 18.7 Å². The second-order valence-electron chi connectivity index (χ2n) is 6.54. The highest BCUT2D eigenvalue weighted by molar-refractivity contribution is 6.42. The van der Waals surface area contributed by atoms with Crippen molar-refractivity contribution in [2.24, 2.45) is 0 Å². The Labute approximate surface area is 170 Å². The van der Waals surface area contributed by atoms with Gasteiger partial charge in [0.1, 0.15) is 0 Å². The minimum absolute atomic E-state index is 0.140. The topological polar surface area (TPSA) is 68.6 Å². The Morgan fingerprint density at radius 3 is 2.78 bits per heavy atom. The summed E-state index contributed by atoms with van der Waals surface area (Å²) in [5.74, 6) is -0.325. The predicted octanol–water partition coefficient (Wildman–Crippen LogP) is 5.03. The molecule has 0 spiro atoms. The number of nitriles is 1. The van der Waals surface area contributed by atoms with Crippen molar-refractivity contribution in [2.75, 3.05) is 19.8 Å². The lowest BCUT2D eigenvalue weighted by Gasteiger charge is -2.29.